The van der Waals surface area contributed by atoms with Crippen LogP contribution in [0.5, 0.6) is 0 Å². The Labute approximate surface area is 135 Å². The highest BCUT2D eigenvalue weighted by molar-refractivity contribution is 6.03. The van der Waals surface area contributed by atoms with Gasteiger partial charge < -0.3 is 19.8 Å². The van der Waals surface area contributed by atoms with Gasteiger partial charge in [-0.3, -0.25) is 15.0 Å². The first kappa shape index (κ1) is 16.0. The third-order valence-electron chi connectivity index (χ3n) is 4.75. The lowest BCUT2D eigenvalue weighted by atomic mass is 10.1. The molecule has 3 aliphatic rings. The van der Waals surface area contributed by atoms with Crippen molar-refractivity contribution in [3.63, 3.8) is 0 Å². The summed E-state index contributed by atoms with van der Waals surface area (Å²) in [6.07, 6.45) is -0.457. The smallest absolute Gasteiger partial charge is 0.325 e. The maximum Gasteiger partial charge on any atom is 0.325 e. The van der Waals surface area contributed by atoms with Crippen molar-refractivity contribution in [1.29, 1.82) is 0 Å². The average Bonchev–Trinajstić information content (AvgIpc) is 2.94. The summed E-state index contributed by atoms with van der Waals surface area (Å²) >= 11 is 0. The predicted octanol–water partition coefficient (Wildman–Crippen LogP) is -1.84. The molecule has 2 saturated heterocycles. The van der Waals surface area contributed by atoms with E-state index < -0.39 is 18.2 Å². The van der Waals surface area contributed by atoms with Gasteiger partial charge in [-0.1, -0.05) is 0 Å². The lowest BCUT2D eigenvalue weighted by molar-refractivity contribution is -0.127. The molecule has 0 aromatic rings. The van der Waals surface area contributed by atoms with Crippen LogP contribution in [0.15, 0.2) is 4.99 Å². The van der Waals surface area contributed by atoms with Crippen LogP contribution in [0, 0.1) is 0 Å². The number of hydrogen-bond donors (Lipinski definition) is 2. The number of carbonyl (C=O) groups excluding carboxylic acids is 2. The van der Waals surface area contributed by atoms with Crippen molar-refractivity contribution in [2.24, 2.45) is 4.99 Å². The van der Waals surface area contributed by atoms with Gasteiger partial charge >= 0.3 is 6.03 Å². The van der Waals surface area contributed by atoms with Crippen LogP contribution < -0.4 is 5.32 Å². The number of amides is 3. The highest BCUT2D eigenvalue weighted by Gasteiger charge is 2.49. The second kappa shape index (κ2) is 6.32. The molecule has 0 radical (unpaired) electrons. The SMILES string of the molecule is CCN1C(N2CCN(CCO)CC2)=NC2C1C(=O)NC(=O)N2C. The van der Waals surface area contributed by atoms with Gasteiger partial charge in [0.05, 0.1) is 6.61 Å². The maximum absolute atomic E-state index is 12.2. The average molecular weight is 324 g/mol. The molecule has 0 saturated carbocycles. The van der Waals surface area contributed by atoms with E-state index in [2.05, 4.69) is 20.1 Å². The fourth-order valence-corrected chi connectivity index (χ4v) is 3.43. The maximum atomic E-state index is 12.2. The van der Waals surface area contributed by atoms with E-state index >= 15 is 0 Å². The minimum Gasteiger partial charge on any atom is -0.395 e. The van der Waals surface area contributed by atoms with Crippen molar-refractivity contribution in [3.05, 3.63) is 0 Å². The Bertz CT molecular complexity index is 517. The monoisotopic (exact) mass is 324 g/mol. The van der Waals surface area contributed by atoms with Gasteiger partial charge in [0.1, 0.15) is 0 Å². The van der Waals surface area contributed by atoms with Gasteiger partial charge in [0.15, 0.2) is 18.2 Å². The Morgan fingerprint density at radius 3 is 2.57 bits per heavy atom. The Morgan fingerprint density at radius 2 is 1.96 bits per heavy atom. The number of fused-ring (bicyclic) bond motifs is 1. The molecular formula is C14H24N6O3. The molecule has 3 rings (SSSR count). The fourth-order valence-electron chi connectivity index (χ4n) is 3.43. The molecule has 3 aliphatic heterocycles. The number of aliphatic hydroxyl groups excluding tert-OH is 1. The van der Waals surface area contributed by atoms with E-state index in [1.54, 1.807) is 7.05 Å². The summed E-state index contributed by atoms with van der Waals surface area (Å²) in [6.45, 7) is 6.81. The van der Waals surface area contributed by atoms with E-state index in [0.29, 0.717) is 13.1 Å². The number of imide groups is 1. The van der Waals surface area contributed by atoms with Crippen LogP contribution in [0.4, 0.5) is 4.79 Å². The molecule has 0 aromatic heterocycles. The molecule has 9 nitrogen and oxygen atoms in total. The van der Waals surface area contributed by atoms with Crippen LogP contribution in [0.25, 0.3) is 0 Å². The van der Waals surface area contributed by atoms with E-state index in [1.807, 2.05) is 11.8 Å². The van der Waals surface area contributed by atoms with Crippen molar-refractivity contribution in [1.82, 2.24) is 24.9 Å². The van der Waals surface area contributed by atoms with E-state index in [0.717, 1.165) is 32.1 Å². The highest BCUT2D eigenvalue weighted by atomic mass is 16.3. The van der Waals surface area contributed by atoms with E-state index in [9.17, 15) is 9.59 Å². The van der Waals surface area contributed by atoms with Gasteiger partial charge in [-0.15, -0.1) is 0 Å². The van der Waals surface area contributed by atoms with E-state index in [-0.39, 0.29) is 12.5 Å². The zero-order chi connectivity index (χ0) is 16.6. The van der Waals surface area contributed by atoms with Gasteiger partial charge in [-0.2, -0.15) is 0 Å². The first-order chi connectivity index (χ1) is 11.1. The molecule has 128 valence electrons. The van der Waals surface area contributed by atoms with Crippen LogP contribution in [-0.4, -0.2) is 108 Å². The third kappa shape index (κ3) is 2.74. The fraction of sp³-hybridized carbons (Fsp3) is 0.786. The number of β-amino-alcohol motifs (C(OH)–C–C–N with tert-alkyl or cyclic N) is 1. The van der Waals surface area contributed by atoms with Gasteiger partial charge in [0, 0.05) is 46.3 Å². The largest absolute Gasteiger partial charge is 0.395 e. The molecule has 0 bridgehead atoms. The van der Waals surface area contributed by atoms with Crippen LogP contribution in [0.3, 0.4) is 0 Å². The van der Waals surface area contributed by atoms with Crippen LogP contribution in [0.1, 0.15) is 6.92 Å². The molecule has 0 spiro atoms. The molecule has 0 aromatic carbocycles. The molecule has 2 fully saturated rings. The number of hydrogen-bond acceptors (Lipinski definition) is 7. The quantitative estimate of drug-likeness (QED) is 0.634. The third-order valence-corrected chi connectivity index (χ3v) is 4.75. The minimum absolute atomic E-state index is 0.166. The van der Waals surface area contributed by atoms with Crippen LogP contribution in [0.2, 0.25) is 0 Å². The van der Waals surface area contributed by atoms with E-state index in [1.165, 1.54) is 4.90 Å². The van der Waals surface area contributed by atoms with Crippen molar-refractivity contribution in [2.45, 2.75) is 19.1 Å². The van der Waals surface area contributed by atoms with Crippen molar-refractivity contribution in [2.75, 3.05) is 52.9 Å². The number of nitrogens with one attached hydrogen (secondary N) is 1. The van der Waals surface area contributed by atoms with Crippen molar-refractivity contribution in [3.8, 4) is 0 Å². The predicted molar refractivity (Wildman–Crippen MR) is 83.8 cm³/mol. The second-order valence-corrected chi connectivity index (χ2v) is 6.03. The minimum atomic E-state index is -0.457. The van der Waals surface area contributed by atoms with Gasteiger partial charge in [0.25, 0.3) is 5.91 Å². The number of guanidine groups is 1. The zero-order valence-corrected chi connectivity index (χ0v) is 13.6. The molecule has 2 unspecified atom stereocenters. The number of nitrogens with zero attached hydrogens (tertiary/aromatic N) is 5. The number of rotatable bonds is 3. The molecule has 2 N–H and O–H groups in total. The van der Waals surface area contributed by atoms with E-state index in [4.69, 9.17) is 5.11 Å². The number of likely N-dealkylation sites (N-methyl/N-ethyl adjacent to an activating group) is 2. The summed E-state index contributed by atoms with van der Waals surface area (Å²) in [5.74, 6) is 0.514. The standard InChI is InChI=1S/C14H24N6O3/c1-3-20-10-11(17(2)14(23)16-12(10)22)15-13(20)19-6-4-18(5-7-19)8-9-21/h10-11,21H,3-9H2,1-2H3,(H,16,22,23). The summed E-state index contributed by atoms with van der Waals surface area (Å²) < 4.78 is 0. The summed E-state index contributed by atoms with van der Waals surface area (Å²) in [4.78, 5) is 36.6. The Hall–Kier alpha value is -1.87. The molecule has 9 heteroatoms. The van der Waals surface area contributed by atoms with Crippen LogP contribution in [-0.2, 0) is 4.79 Å². The summed E-state index contributed by atoms with van der Waals surface area (Å²) in [5.41, 5.74) is 0. The Morgan fingerprint density at radius 1 is 1.26 bits per heavy atom. The first-order valence-corrected chi connectivity index (χ1v) is 8.07. The summed E-state index contributed by atoms with van der Waals surface area (Å²) in [5, 5.41) is 11.4. The first-order valence-electron chi connectivity index (χ1n) is 8.07. The number of aliphatic hydroxyl groups is 1. The highest BCUT2D eigenvalue weighted by Crippen LogP contribution is 2.25. The van der Waals surface area contributed by atoms with Gasteiger partial charge in [-0.25, -0.2) is 9.79 Å². The van der Waals surface area contributed by atoms with Gasteiger partial charge in [-0.05, 0) is 6.92 Å². The number of piperazine rings is 1. The van der Waals surface area contributed by atoms with Crippen molar-refractivity contribution < 1.29 is 14.7 Å². The number of carbonyl (C=O) groups is 2. The number of urea groups is 1. The lowest BCUT2D eigenvalue weighted by Gasteiger charge is -2.40. The lowest BCUT2D eigenvalue weighted by Crippen LogP contribution is -2.64. The number of aliphatic imine (C=N–C) groups is 1. The molecule has 0 aliphatic carbocycles. The Balaban J connectivity index is 1.76. The van der Waals surface area contributed by atoms with Crippen LogP contribution >= 0.6 is 0 Å². The molecule has 3 heterocycles. The van der Waals surface area contributed by atoms with Crippen molar-refractivity contribution >= 4 is 17.9 Å². The zero-order valence-electron chi connectivity index (χ0n) is 13.6. The molecule has 2 atom stereocenters. The summed E-state index contributed by atoms with van der Waals surface area (Å²) in [6, 6.07) is -0.849. The molecular weight excluding hydrogens is 300 g/mol. The molecule has 3 amide bonds. The van der Waals surface area contributed by atoms with Gasteiger partial charge in [0.2, 0.25) is 0 Å². The second-order valence-electron chi connectivity index (χ2n) is 6.03. The Kier molecular flexibility index (Phi) is 4.40. The normalized spacial score (nSPS) is 28.8. The molecule has 23 heavy (non-hydrogen) atoms. The topological polar surface area (TPSA) is 91.7 Å². The summed E-state index contributed by atoms with van der Waals surface area (Å²) in [7, 11) is 1.67.